The zero-order valence-corrected chi connectivity index (χ0v) is 23.2. The number of fused-ring (bicyclic) bond motifs is 4. The van der Waals surface area contributed by atoms with Gasteiger partial charge in [0, 0.05) is 29.0 Å². The van der Waals surface area contributed by atoms with E-state index in [1.165, 1.54) is 0 Å². The lowest BCUT2D eigenvalue weighted by Gasteiger charge is -2.27. The van der Waals surface area contributed by atoms with Gasteiger partial charge in [-0.1, -0.05) is 26.0 Å². The van der Waals surface area contributed by atoms with Crippen LogP contribution in [0.4, 0.5) is 0 Å². The lowest BCUT2D eigenvalue weighted by molar-refractivity contribution is -0.135. The number of hydrogen-bond acceptors (Lipinski definition) is 7. The Morgan fingerprint density at radius 1 is 0.927 bits per heavy atom. The van der Waals surface area contributed by atoms with Crippen LogP contribution in [0.15, 0.2) is 71.2 Å². The van der Waals surface area contributed by atoms with Gasteiger partial charge in [-0.2, -0.15) is 0 Å². The highest BCUT2D eigenvalue weighted by Crippen LogP contribution is 2.48. The average Bonchev–Trinajstić information content (AvgIpc) is 3.28. The molecule has 1 atom stereocenters. The highest BCUT2D eigenvalue weighted by atomic mass is 16.5. The Balaban J connectivity index is 1.51. The second kappa shape index (κ2) is 10.3. The summed E-state index contributed by atoms with van der Waals surface area (Å²) in [5.74, 6) is 0.886. The summed E-state index contributed by atoms with van der Waals surface area (Å²) >= 11 is 0. The topological polar surface area (TPSA) is 93.1 Å². The second-order valence-corrected chi connectivity index (χ2v) is 10.6. The van der Waals surface area contributed by atoms with Crippen molar-refractivity contribution in [2.24, 2.45) is 5.92 Å². The molecule has 0 saturated heterocycles. The van der Waals surface area contributed by atoms with Gasteiger partial charge in [0.2, 0.25) is 5.78 Å². The first-order chi connectivity index (χ1) is 19.8. The predicted octanol–water partition coefficient (Wildman–Crippen LogP) is 5.73. The fourth-order valence-electron chi connectivity index (χ4n) is 5.53. The summed E-state index contributed by atoms with van der Waals surface area (Å²) in [6.07, 6.45) is 1.60. The molecule has 1 aromatic heterocycles. The Hall–Kier alpha value is -4.85. The van der Waals surface area contributed by atoms with Crippen LogP contribution in [0.5, 0.6) is 23.0 Å². The first kappa shape index (κ1) is 26.4. The molecular formula is C33H29NO7. The zero-order valence-electron chi connectivity index (χ0n) is 23.2. The number of rotatable bonds is 6. The van der Waals surface area contributed by atoms with Gasteiger partial charge in [-0.05, 0) is 66.1 Å². The largest absolute Gasteiger partial charge is 0.497 e. The lowest BCUT2D eigenvalue weighted by atomic mass is 9.84. The maximum atomic E-state index is 14.1. The number of Topliss-reactive ketones (excluding diaryl/α,β-unsaturated/α-hetero) is 1. The maximum Gasteiger partial charge on any atom is 0.312 e. The highest BCUT2D eigenvalue weighted by Gasteiger charge is 2.39. The van der Waals surface area contributed by atoms with Gasteiger partial charge in [-0.3, -0.25) is 14.4 Å². The monoisotopic (exact) mass is 551 g/mol. The first-order valence-corrected chi connectivity index (χ1v) is 13.4. The normalized spacial score (nSPS) is 16.9. The summed E-state index contributed by atoms with van der Waals surface area (Å²) in [5, 5.41) is 0.810. The van der Waals surface area contributed by atoms with Crippen LogP contribution in [-0.2, 0) is 11.3 Å². The molecule has 0 aliphatic carbocycles. The van der Waals surface area contributed by atoms with E-state index in [0.29, 0.717) is 40.5 Å². The van der Waals surface area contributed by atoms with E-state index in [1.807, 2.05) is 50.2 Å². The minimum atomic E-state index is -0.671. The average molecular weight is 552 g/mol. The van der Waals surface area contributed by atoms with E-state index in [0.717, 1.165) is 16.5 Å². The third-order valence-corrected chi connectivity index (χ3v) is 7.44. The van der Waals surface area contributed by atoms with Crippen molar-refractivity contribution >= 4 is 28.7 Å². The third kappa shape index (κ3) is 4.65. The molecule has 2 aliphatic rings. The van der Waals surface area contributed by atoms with Crippen molar-refractivity contribution < 1.29 is 28.5 Å². The molecule has 0 spiro atoms. The highest BCUT2D eigenvalue weighted by molar-refractivity contribution is 6.15. The summed E-state index contributed by atoms with van der Waals surface area (Å²) < 4.78 is 24.2. The lowest BCUT2D eigenvalue weighted by Crippen LogP contribution is -2.31. The minimum Gasteiger partial charge on any atom is -0.497 e. The van der Waals surface area contributed by atoms with Crippen LogP contribution in [0.1, 0.15) is 53.2 Å². The molecule has 6 rings (SSSR count). The molecule has 1 unspecified atom stereocenters. The summed E-state index contributed by atoms with van der Waals surface area (Å²) in [7, 11) is 3.18. The van der Waals surface area contributed by atoms with Gasteiger partial charge >= 0.3 is 5.97 Å². The molecule has 3 aromatic carbocycles. The summed E-state index contributed by atoms with van der Waals surface area (Å²) in [4.78, 5) is 40.3. The minimum absolute atomic E-state index is 0.0646. The van der Waals surface area contributed by atoms with E-state index in [4.69, 9.17) is 18.9 Å². The molecule has 41 heavy (non-hydrogen) atoms. The fourth-order valence-corrected chi connectivity index (χ4v) is 5.53. The number of ketones is 1. The zero-order chi connectivity index (χ0) is 28.8. The molecule has 0 amide bonds. The number of methoxy groups -OCH3 is 2. The molecule has 0 N–H and O–H groups in total. The van der Waals surface area contributed by atoms with Crippen molar-refractivity contribution in [2.45, 2.75) is 32.7 Å². The van der Waals surface area contributed by atoms with Crippen molar-refractivity contribution in [3.8, 4) is 23.0 Å². The van der Waals surface area contributed by atoms with Crippen LogP contribution in [0.2, 0.25) is 0 Å². The van der Waals surface area contributed by atoms with Gasteiger partial charge < -0.3 is 23.5 Å². The number of allylic oxidation sites excluding steroid dienone is 1. The molecule has 8 heteroatoms. The molecule has 4 aromatic rings. The number of nitrogens with zero attached hydrogens (tertiary/aromatic N) is 1. The van der Waals surface area contributed by atoms with Crippen molar-refractivity contribution in [2.75, 3.05) is 14.2 Å². The molecule has 208 valence electrons. The van der Waals surface area contributed by atoms with E-state index in [2.05, 4.69) is 0 Å². The van der Waals surface area contributed by atoms with Crippen LogP contribution in [0.25, 0.3) is 17.0 Å². The second-order valence-electron chi connectivity index (χ2n) is 10.6. The summed E-state index contributed by atoms with van der Waals surface area (Å²) in [5.41, 5.74) is 2.65. The number of carbonyl (C=O) groups is 2. The molecule has 0 fully saturated rings. The van der Waals surface area contributed by atoms with E-state index < -0.39 is 11.9 Å². The molecule has 3 heterocycles. The molecule has 2 aliphatic heterocycles. The predicted molar refractivity (Wildman–Crippen MR) is 154 cm³/mol. The Morgan fingerprint density at radius 2 is 1.66 bits per heavy atom. The summed E-state index contributed by atoms with van der Waals surface area (Å²) in [6.45, 7) is 4.59. The molecule has 0 radical (unpaired) electrons. The van der Waals surface area contributed by atoms with Crippen LogP contribution in [-0.4, -0.2) is 30.5 Å². The number of ether oxygens (including phenoxy) is 4. The van der Waals surface area contributed by atoms with Gasteiger partial charge in [0.25, 0.3) is 5.56 Å². The molecule has 8 nitrogen and oxygen atoms in total. The Kier molecular flexibility index (Phi) is 6.61. The van der Waals surface area contributed by atoms with E-state index in [-0.39, 0.29) is 35.2 Å². The molecule has 0 saturated carbocycles. The van der Waals surface area contributed by atoms with Crippen molar-refractivity contribution in [3.05, 3.63) is 99.0 Å². The molecule has 0 bridgehead atoms. The van der Waals surface area contributed by atoms with Gasteiger partial charge in [0.05, 0.1) is 31.7 Å². The third-order valence-electron chi connectivity index (χ3n) is 7.44. The van der Waals surface area contributed by atoms with Crippen molar-refractivity contribution in [3.63, 3.8) is 0 Å². The van der Waals surface area contributed by atoms with Crippen LogP contribution < -0.4 is 24.5 Å². The van der Waals surface area contributed by atoms with E-state index >= 15 is 0 Å². The van der Waals surface area contributed by atoms with Crippen LogP contribution >= 0.6 is 0 Å². The van der Waals surface area contributed by atoms with Crippen molar-refractivity contribution in [1.29, 1.82) is 0 Å². The number of pyridine rings is 1. The Bertz CT molecular complexity index is 1800. The number of benzene rings is 3. The molecular weight excluding hydrogens is 522 g/mol. The van der Waals surface area contributed by atoms with E-state index in [9.17, 15) is 14.4 Å². The van der Waals surface area contributed by atoms with Gasteiger partial charge in [-0.15, -0.1) is 0 Å². The Labute approximate surface area is 236 Å². The van der Waals surface area contributed by atoms with Crippen molar-refractivity contribution in [1.82, 2.24) is 4.57 Å². The maximum absolute atomic E-state index is 14.1. The standard InChI is InChI=1S/C33H29NO7/c1-18(2)17-34-26-11-9-22(39-4)14-20(26)15-25(33(34)37)24-16-29(35)40-27-12-10-23-31(36)28(41-32(23)30(24)27)13-19-5-7-21(38-3)8-6-19/h5-15,18,24H,16-17H2,1-4H3. The number of aromatic nitrogens is 1. The van der Waals surface area contributed by atoms with Crippen LogP contribution in [0, 0.1) is 5.92 Å². The Morgan fingerprint density at radius 3 is 2.37 bits per heavy atom. The smallest absolute Gasteiger partial charge is 0.312 e. The van der Waals surface area contributed by atoms with E-state index in [1.54, 1.807) is 49.1 Å². The number of esters is 1. The first-order valence-electron chi connectivity index (χ1n) is 13.4. The quantitative estimate of drug-likeness (QED) is 0.172. The van der Waals surface area contributed by atoms with Gasteiger partial charge in [0.1, 0.15) is 23.0 Å². The fraction of sp³-hybridized carbons (Fsp3) is 0.242. The van der Waals surface area contributed by atoms with Gasteiger partial charge in [-0.25, -0.2) is 0 Å². The number of carbonyl (C=O) groups excluding carboxylic acids is 2. The van der Waals surface area contributed by atoms with Crippen LogP contribution in [0.3, 0.4) is 0 Å². The summed E-state index contributed by atoms with van der Waals surface area (Å²) in [6, 6.07) is 17.8. The SMILES string of the molecule is COc1ccc(C=C2Oc3c(ccc4c3C(c3cc5cc(OC)ccc5n(CC(C)C)c3=O)CC(=O)O4)C2=O)cc1. The number of hydrogen-bond donors (Lipinski definition) is 0. The van der Waals surface area contributed by atoms with Gasteiger partial charge in [0.15, 0.2) is 5.76 Å².